The van der Waals surface area contributed by atoms with Crippen LogP contribution in [0.3, 0.4) is 0 Å². The summed E-state index contributed by atoms with van der Waals surface area (Å²) < 4.78 is 0. The van der Waals surface area contributed by atoms with Gasteiger partial charge in [0, 0.05) is 7.05 Å². The number of amides is 2. The summed E-state index contributed by atoms with van der Waals surface area (Å²) in [6.07, 6.45) is 0. The maximum atomic E-state index is 9.48. The molecule has 2 amide bonds. The topological polar surface area (TPSA) is 105 Å². The fraction of sp³-hybridized carbons (Fsp3) is 0.500. The number of carbonyl (C=O) groups is 1. The van der Waals surface area contributed by atoms with Gasteiger partial charge in [-0.25, -0.2) is 4.79 Å². The van der Waals surface area contributed by atoms with E-state index in [9.17, 15) is 4.79 Å². The van der Waals surface area contributed by atoms with E-state index in [2.05, 4.69) is 11.1 Å². The summed E-state index contributed by atoms with van der Waals surface area (Å²) in [7, 11) is 1.47. The lowest BCUT2D eigenvalue weighted by atomic mass is 11.1. The first-order valence-electron chi connectivity index (χ1n) is 1.63. The summed E-state index contributed by atoms with van der Waals surface area (Å²) >= 11 is 0. The van der Waals surface area contributed by atoms with Gasteiger partial charge in [-0.1, -0.05) is 0 Å². The van der Waals surface area contributed by atoms with Gasteiger partial charge in [0.2, 0.25) is 0 Å². The van der Waals surface area contributed by atoms with E-state index < -0.39 is 6.03 Å². The Morgan fingerprint density at radius 2 is 2.00 bits per heavy atom. The van der Waals surface area contributed by atoms with Gasteiger partial charge in [0.05, 0.1) is 0 Å². The van der Waals surface area contributed by atoms with Crippen molar-refractivity contribution in [3.05, 3.63) is 4.91 Å². The van der Waals surface area contributed by atoms with Crippen LogP contribution >= 0.6 is 0 Å². The van der Waals surface area contributed by atoms with E-state index in [0.717, 1.165) is 0 Å². The molecule has 6 heteroatoms. The number of hydrogen-bond donors (Lipinski definition) is 3. The summed E-state index contributed by atoms with van der Waals surface area (Å²) in [5.41, 5.74) is 4.54. The van der Waals surface area contributed by atoms with Crippen LogP contribution in [0.4, 0.5) is 4.79 Å². The van der Waals surface area contributed by atoms with Crippen LogP contribution in [0.25, 0.3) is 0 Å². The third-order valence-electron chi connectivity index (χ3n) is 0.246. The smallest absolute Gasteiger partial charge is 0.311 e. The summed E-state index contributed by atoms with van der Waals surface area (Å²) in [4.78, 5) is 17.6. The molecule has 6 nitrogen and oxygen atoms in total. The zero-order valence-corrected chi connectivity index (χ0v) is 4.29. The van der Waals surface area contributed by atoms with Gasteiger partial charge < -0.3 is 16.3 Å². The highest BCUT2D eigenvalue weighted by atomic mass is 16.6. The second kappa shape index (κ2) is 9.18. The van der Waals surface area contributed by atoms with Crippen molar-refractivity contribution in [3.8, 4) is 0 Å². The van der Waals surface area contributed by atoms with Crippen LogP contribution in [-0.4, -0.2) is 18.3 Å². The van der Waals surface area contributed by atoms with Crippen molar-refractivity contribution >= 4 is 6.03 Å². The molecule has 0 heterocycles. The Bertz CT molecular complexity index is 72.9. The number of nitrogens with two attached hydrogens (primary N) is 1. The lowest BCUT2D eigenvalue weighted by Gasteiger charge is -1.80. The van der Waals surface area contributed by atoms with Crippen LogP contribution in [0.5, 0.6) is 0 Å². The van der Waals surface area contributed by atoms with Crippen LogP contribution in [0.1, 0.15) is 0 Å². The molecule has 0 spiro atoms. The summed E-state index contributed by atoms with van der Waals surface area (Å²) in [6, 6.07) is -0.495. The van der Waals surface area contributed by atoms with Crippen molar-refractivity contribution in [1.82, 2.24) is 5.32 Å². The number of nitrogens with one attached hydrogen (secondary N) is 1. The highest BCUT2D eigenvalue weighted by Gasteiger charge is 1.72. The average molecular weight is 121 g/mol. The first-order valence-corrected chi connectivity index (χ1v) is 1.63. The SMILES string of the molecule is CNC(N)=O.O=NO. The molecule has 0 bridgehead atoms. The molecular weight excluding hydrogens is 114 g/mol. The van der Waals surface area contributed by atoms with Crippen molar-refractivity contribution in [2.75, 3.05) is 7.05 Å². The molecule has 0 rings (SSSR count). The predicted molar refractivity (Wildman–Crippen MR) is 26.2 cm³/mol. The lowest BCUT2D eigenvalue weighted by molar-refractivity contribution is 0.251. The zero-order valence-electron chi connectivity index (χ0n) is 4.29. The van der Waals surface area contributed by atoms with Gasteiger partial charge in [0.15, 0.2) is 5.34 Å². The van der Waals surface area contributed by atoms with Gasteiger partial charge in [-0.15, -0.1) is 4.91 Å². The summed E-state index contributed by atoms with van der Waals surface area (Å²) in [5.74, 6) is 0. The third-order valence-corrected chi connectivity index (χ3v) is 0.246. The van der Waals surface area contributed by atoms with Crippen LogP contribution in [0.15, 0.2) is 5.34 Å². The maximum Gasteiger partial charge on any atom is 0.311 e. The molecule has 0 aromatic heterocycles. The minimum atomic E-state index is -0.495. The number of hydrogen-bond acceptors (Lipinski definition) is 3. The standard InChI is InChI=1S/C2H6N2O.HNO2/c1-4-2(3)5;2-1-3/h1H3,(H3,3,4,5);(H,2,3). The first kappa shape index (κ1) is 9.83. The molecule has 0 fully saturated rings. The van der Waals surface area contributed by atoms with Crippen LogP contribution < -0.4 is 11.1 Å². The summed E-state index contributed by atoms with van der Waals surface area (Å²) in [6.45, 7) is 0. The fourth-order valence-corrected chi connectivity index (χ4v) is 0. The van der Waals surface area contributed by atoms with E-state index in [1.807, 2.05) is 0 Å². The van der Waals surface area contributed by atoms with Crippen molar-refractivity contribution < 1.29 is 10.0 Å². The van der Waals surface area contributed by atoms with Crippen LogP contribution in [0.2, 0.25) is 0 Å². The Hall–Kier alpha value is -1.33. The van der Waals surface area contributed by atoms with E-state index in [1.165, 1.54) is 12.4 Å². The first-order chi connectivity index (χ1) is 3.68. The molecule has 0 unspecified atom stereocenters. The van der Waals surface area contributed by atoms with Crippen molar-refractivity contribution in [2.24, 2.45) is 11.1 Å². The quantitative estimate of drug-likeness (QED) is 0.295. The van der Waals surface area contributed by atoms with Gasteiger partial charge in [-0.2, -0.15) is 0 Å². The average Bonchev–Trinajstić information content (AvgIpc) is 1.69. The fourth-order valence-electron chi connectivity index (χ4n) is 0. The Morgan fingerprint density at radius 1 is 1.88 bits per heavy atom. The lowest BCUT2D eigenvalue weighted by Crippen LogP contribution is -2.24. The second-order valence-corrected chi connectivity index (χ2v) is 0.696. The van der Waals surface area contributed by atoms with Gasteiger partial charge in [-0.05, 0) is 0 Å². The van der Waals surface area contributed by atoms with Gasteiger partial charge >= 0.3 is 6.03 Å². The Labute approximate surface area is 45.6 Å². The molecule has 0 aliphatic rings. The second-order valence-electron chi connectivity index (χ2n) is 0.696. The van der Waals surface area contributed by atoms with Crippen LogP contribution in [0, 0.1) is 4.91 Å². The molecule has 8 heavy (non-hydrogen) atoms. The van der Waals surface area contributed by atoms with Gasteiger partial charge in [0.25, 0.3) is 0 Å². The highest BCUT2D eigenvalue weighted by Crippen LogP contribution is 1.38. The minimum absolute atomic E-state index is 0.495. The Kier molecular flexibility index (Phi) is 11.3. The number of primary amides is 1. The van der Waals surface area contributed by atoms with E-state index >= 15 is 0 Å². The highest BCUT2D eigenvalue weighted by molar-refractivity contribution is 5.71. The zero-order chi connectivity index (χ0) is 6.99. The van der Waals surface area contributed by atoms with E-state index in [4.69, 9.17) is 10.1 Å². The van der Waals surface area contributed by atoms with Gasteiger partial charge in [-0.3, -0.25) is 0 Å². The normalized spacial score (nSPS) is 5.62. The number of nitrogens with zero attached hydrogens (tertiary/aromatic N) is 1. The molecular formula is C2H7N3O3. The maximum absolute atomic E-state index is 9.48. The van der Waals surface area contributed by atoms with Gasteiger partial charge in [0.1, 0.15) is 0 Å². The van der Waals surface area contributed by atoms with Crippen molar-refractivity contribution in [3.63, 3.8) is 0 Å². The summed E-state index contributed by atoms with van der Waals surface area (Å²) in [5, 5.41) is 10.1. The monoisotopic (exact) mass is 121 g/mol. The van der Waals surface area contributed by atoms with Crippen molar-refractivity contribution in [2.45, 2.75) is 0 Å². The molecule has 0 aliphatic carbocycles. The van der Waals surface area contributed by atoms with E-state index in [0.29, 0.717) is 0 Å². The number of rotatable bonds is 0. The third kappa shape index (κ3) is 140. The molecule has 0 atom stereocenters. The van der Waals surface area contributed by atoms with Crippen molar-refractivity contribution in [1.29, 1.82) is 0 Å². The predicted octanol–water partition coefficient (Wildman–Crippen LogP) is -0.573. The Morgan fingerprint density at radius 3 is 2.00 bits per heavy atom. The largest absolute Gasteiger partial charge is 0.379 e. The molecule has 0 aromatic carbocycles. The molecule has 0 aromatic rings. The molecule has 0 saturated carbocycles. The molecule has 0 saturated heterocycles. The molecule has 48 valence electrons. The van der Waals surface area contributed by atoms with E-state index in [-0.39, 0.29) is 0 Å². The van der Waals surface area contributed by atoms with Crippen LogP contribution in [-0.2, 0) is 0 Å². The molecule has 4 N–H and O–H groups in total. The Balaban J connectivity index is 0. The molecule has 0 aliphatic heterocycles. The minimum Gasteiger partial charge on any atom is -0.379 e. The molecule has 0 radical (unpaired) electrons. The number of carbonyl (C=O) groups excluding carboxylic acids is 1. The van der Waals surface area contributed by atoms with E-state index in [1.54, 1.807) is 0 Å². The number of urea groups is 1.